The Labute approximate surface area is 88.4 Å². The summed E-state index contributed by atoms with van der Waals surface area (Å²) in [4.78, 5) is 22.4. The average Bonchev–Trinajstić information content (AvgIpc) is 2.13. The van der Waals surface area contributed by atoms with Gasteiger partial charge in [-0.2, -0.15) is 0 Å². The second-order valence-electron chi connectivity index (χ2n) is 3.16. The van der Waals surface area contributed by atoms with Crippen LogP contribution in [0.5, 0.6) is 0 Å². The molecule has 0 heterocycles. The number of carbonyl (C=O) groups is 2. The largest absolute Gasteiger partial charge is 0.481 e. The lowest BCUT2D eigenvalue weighted by Gasteiger charge is -2.18. The van der Waals surface area contributed by atoms with Gasteiger partial charge >= 0.3 is 11.9 Å². The lowest BCUT2D eigenvalue weighted by molar-refractivity contribution is -0.141. The Bertz CT molecular complexity index is 207. The lowest BCUT2D eigenvalue weighted by Crippen LogP contribution is -2.33. The highest BCUT2D eigenvalue weighted by Gasteiger charge is 2.10. The minimum Gasteiger partial charge on any atom is -0.481 e. The summed E-state index contributed by atoms with van der Waals surface area (Å²) in [5, 5.41) is 17.1. The van der Waals surface area contributed by atoms with Crippen molar-refractivity contribution < 1.29 is 24.5 Å². The van der Waals surface area contributed by atoms with Crippen LogP contribution in [0.2, 0.25) is 0 Å². The van der Waals surface area contributed by atoms with E-state index < -0.39 is 11.9 Å². The highest BCUT2D eigenvalue weighted by Crippen LogP contribution is 1.95. The first-order valence-electron chi connectivity index (χ1n) is 4.71. The van der Waals surface area contributed by atoms with Crippen molar-refractivity contribution in [1.82, 2.24) is 4.90 Å². The molecule has 0 aliphatic rings. The van der Waals surface area contributed by atoms with E-state index in [1.54, 1.807) is 12.0 Å². The maximum absolute atomic E-state index is 10.5. The van der Waals surface area contributed by atoms with E-state index >= 15 is 0 Å². The molecule has 0 rings (SSSR count). The Balaban J connectivity index is 3.83. The third-order valence-electron chi connectivity index (χ3n) is 1.82. The molecule has 0 atom stereocenters. The molecule has 0 spiro atoms. The van der Waals surface area contributed by atoms with E-state index in [4.69, 9.17) is 14.9 Å². The summed E-state index contributed by atoms with van der Waals surface area (Å²) in [5.74, 6) is -1.87. The third-order valence-corrected chi connectivity index (χ3v) is 1.82. The Morgan fingerprint density at radius 1 is 1.20 bits per heavy atom. The molecule has 0 saturated heterocycles. The van der Waals surface area contributed by atoms with Crippen LogP contribution in [0.3, 0.4) is 0 Å². The second-order valence-corrected chi connectivity index (χ2v) is 3.16. The van der Waals surface area contributed by atoms with Gasteiger partial charge in [0.05, 0.1) is 13.0 Å². The number of nitrogens with zero attached hydrogens (tertiary/aromatic N) is 1. The van der Waals surface area contributed by atoms with E-state index in [-0.39, 0.29) is 19.5 Å². The summed E-state index contributed by atoms with van der Waals surface area (Å²) in [6, 6.07) is 0. The Kier molecular flexibility index (Phi) is 7.57. The summed E-state index contributed by atoms with van der Waals surface area (Å²) in [5.41, 5.74) is 0. The molecular weight excluding hydrogens is 202 g/mol. The average molecular weight is 219 g/mol. The van der Waals surface area contributed by atoms with Gasteiger partial charge in [0, 0.05) is 26.8 Å². The molecule has 0 bridgehead atoms. The van der Waals surface area contributed by atoms with Gasteiger partial charge in [0.1, 0.15) is 0 Å². The Morgan fingerprint density at radius 2 is 1.87 bits per heavy atom. The SMILES string of the molecule is COCCCN(CCC(=O)O)CC(=O)O. The van der Waals surface area contributed by atoms with Crippen LogP contribution in [-0.4, -0.2) is 60.4 Å². The van der Waals surface area contributed by atoms with Crippen molar-refractivity contribution in [2.75, 3.05) is 33.4 Å². The van der Waals surface area contributed by atoms with E-state index in [9.17, 15) is 9.59 Å². The van der Waals surface area contributed by atoms with Crippen molar-refractivity contribution in [2.24, 2.45) is 0 Å². The molecular formula is C9H17NO5. The summed E-state index contributed by atoms with van der Waals surface area (Å²) < 4.78 is 4.83. The van der Waals surface area contributed by atoms with Crippen LogP contribution >= 0.6 is 0 Å². The molecule has 15 heavy (non-hydrogen) atoms. The van der Waals surface area contributed by atoms with Gasteiger partial charge in [0.2, 0.25) is 0 Å². The zero-order valence-corrected chi connectivity index (χ0v) is 8.81. The van der Waals surface area contributed by atoms with Crippen molar-refractivity contribution in [2.45, 2.75) is 12.8 Å². The predicted octanol–water partition coefficient (Wildman–Crippen LogP) is -0.116. The first-order valence-corrected chi connectivity index (χ1v) is 4.71. The van der Waals surface area contributed by atoms with Crippen molar-refractivity contribution in [3.05, 3.63) is 0 Å². The molecule has 0 unspecified atom stereocenters. The van der Waals surface area contributed by atoms with E-state index in [0.29, 0.717) is 19.6 Å². The number of rotatable bonds is 9. The Morgan fingerprint density at radius 3 is 2.33 bits per heavy atom. The summed E-state index contributed by atoms with van der Waals surface area (Å²) in [7, 11) is 1.57. The van der Waals surface area contributed by atoms with E-state index in [0.717, 1.165) is 0 Å². The van der Waals surface area contributed by atoms with Crippen LogP contribution in [0.25, 0.3) is 0 Å². The molecule has 0 aliphatic carbocycles. The number of hydrogen-bond donors (Lipinski definition) is 2. The van der Waals surface area contributed by atoms with Gasteiger partial charge < -0.3 is 14.9 Å². The zero-order valence-electron chi connectivity index (χ0n) is 8.81. The van der Waals surface area contributed by atoms with Gasteiger partial charge in [0.15, 0.2) is 0 Å². The standard InChI is InChI=1S/C9H17NO5/c1-15-6-2-4-10(7-9(13)14)5-3-8(11)12/h2-7H2,1H3,(H,11,12)(H,13,14). The number of ether oxygens (including phenoxy) is 1. The first-order chi connectivity index (χ1) is 7.06. The molecule has 2 N–H and O–H groups in total. The summed E-state index contributed by atoms with van der Waals surface area (Å²) in [6.45, 7) is 1.21. The molecule has 0 aliphatic heterocycles. The van der Waals surface area contributed by atoms with Crippen LogP contribution in [0, 0.1) is 0 Å². The van der Waals surface area contributed by atoms with Gasteiger partial charge in [-0.15, -0.1) is 0 Å². The van der Waals surface area contributed by atoms with Crippen LogP contribution in [-0.2, 0) is 14.3 Å². The molecule has 0 aromatic carbocycles. The molecule has 6 heteroatoms. The summed E-state index contributed by atoms with van der Waals surface area (Å²) >= 11 is 0. The summed E-state index contributed by atoms with van der Waals surface area (Å²) in [6.07, 6.45) is 0.656. The lowest BCUT2D eigenvalue weighted by atomic mass is 10.3. The van der Waals surface area contributed by atoms with Gasteiger partial charge in [-0.3, -0.25) is 14.5 Å². The van der Waals surface area contributed by atoms with E-state index in [1.807, 2.05) is 0 Å². The number of carboxylic acids is 2. The van der Waals surface area contributed by atoms with E-state index in [2.05, 4.69) is 0 Å². The second kappa shape index (κ2) is 8.19. The molecule has 0 fully saturated rings. The highest BCUT2D eigenvalue weighted by atomic mass is 16.5. The fraction of sp³-hybridized carbons (Fsp3) is 0.778. The van der Waals surface area contributed by atoms with Crippen LogP contribution in [0.15, 0.2) is 0 Å². The zero-order chi connectivity index (χ0) is 11.7. The molecule has 0 aromatic rings. The quantitative estimate of drug-likeness (QED) is 0.526. The molecule has 0 amide bonds. The number of hydrogen-bond acceptors (Lipinski definition) is 4. The van der Waals surface area contributed by atoms with Crippen molar-refractivity contribution in [3.8, 4) is 0 Å². The monoisotopic (exact) mass is 219 g/mol. The fourth-order valence-corrected chi connectivity index (χ4v) is 1.15. The van der Waals surface area contributed by atoms with Crippen LogP contribution < -0.4 is 0 Å². The smallest absolute Gasteiger partial charge is 0.317 e. The normalized spacial score (nSPS) is 10.5. The number of carboxylic acid groups (broad SMARTS) is 2. The van der Waals surface area contributed by atoms with Gasteiger partial charge in [-0.25, -0.2) is 0 Å². The minimum atomic E-state index is -0.946. The van der Waals surface area contributed by atoms with Gasteiger partial charge in [-0.05, 0) is 6.42 Å². The molecule has 0 saturated carbocycles. The fourth-order valence-electron chi connectivity index (χ4n) is 1.15. The van der Waals surface area contributed by atoms with Crippen molar-refractivity contribution in [3.63, 3.8) is 0 Å². The Hall–Kier alpha value is -1.14. The number of aliphatic carboxylic acids is 2. The van der Waals surface area contributed by atoms with Crippen LogP contribution in [0.1, 0.15) is 12.8 Å². The molecule has 6 nitrogen and oxygen atoms in total. The topological polar surface area (TPSA) is 87.1 Å². The predicted molar refractivity (Wildman–Crippen MR) is 52.8 cm³/mol. The van der Waals surface area contributed by atoms with Crippen molar-refractivity contribution >= 4 is 11.9 Å². The first kappa shape index (κ1) is 13.9. The minimum absolute atomic E-state index is 0.0414. The van der Waals surface area contributed by atoms with E-state index in [1.165, 1.54) is 0 Å². The molecule has 0 radical (unpaired) electrons. The van der Waals surface area contributed by atoms with Crippen molar-refractivity contribution in [1.29, 1.82) is 0 Å². The highest BCUT2D eigenvalue weighted by molar-refractivity contribution is 5.69. The van der Waals surface area contributed by atoms with Gasteiger partial charge in [-0.1, -0.05) is 0 Å². The number of methoxy groups -OCH3 is 1. The third kappa shape index (κ3) is 9.17. The van der Waals surface area contributed by atoms with Crippen LogP contribution in [0.4, 0.5) is 0 Å². The van der Waals surface area contributed by atoms with Gasteiger partial charge in [0.25, 0.3) is 0 Å². The molecule has 0 aromatic heterocycles. The molecule has 88 valence electrons. The maximum atomic E-state index is 10.5. The maximum Gasteiger partial charge on any atom is 0.317 e.